The van der Waals surface area contributed by atoms with E-state index in [0.29, 0.717) is 0 Å². The Morgan fingerprint density at radius 1 is 1.50 bits per heavy atom. The molecule has 2 heteroatoms. The third-order valence-electron chi connectivity index (χ3n) is 0. The third kappa shape index (κ3) is 8.82. The third-order valence-corrected chi connectivity index (χ3v) is 0. The van der Waals surface area contributed by atoms with Gasteiger partial charge in [-0.05, 0) is 0 Å². The number of rotatable bonds is 0. The van der Waals surface area contributed by atoms with Gasteiger partial charge in [0.1, 0.15) is 0 Å². The van der Waals surface area contributed by atoms with Gasteiger partial charge in [-0.1, -0.05) is 0 Å². The van der Waals surface area contributed by atoms with Crippen molar-refractivity contribution in [1.82, 2.24) is 0 Å². The van der Waals surface area contributed by atoms with Crippen molar-refractivity contribution in [3.63, 3.8) is 0 Å². The van der Waals surface area contributed by atoms with Crippen LogP contribution in [0.25, 0.3) is 0 Å². The molecule has 4 heavy (non-hydrogen) atoms. The molecule has 0 aliphatic rings. The van der Waals surface area contributed by atoms with Crippen molar-refractivity contribution in [3.05, 3.63) is 6.92 Å². The Bertz CT molecular complexity index is 4.00. The normalized spacial score (nSPS) is 2.75. The minimum absolute atomic E-state index is 1.50. The van der Waals surface area contributed by atoms with Gasteiger partial charge in [0, 0.05) is 0 Å². The van der Waals surface area contributed by atoms with Crippen LogP contribution in [0.5, 0.6) is 0 Å². The first-order valence-corrected chi connectivity index (χ1v) is 9.21. The zero-order chi connectivity index (χ0) is 4.00. The van der Waals surface area contributed by atoms with E-state index < -0.39 is 0 Å². The SMILES string of the molecule is [CH2-]C.[Ca][Ca+]. The molecule has 0 N–H and O–H groups in total. The topological polar surface area (TPSA) is 0 Å². The van der Waals surface area contributed by atoms with Crippen LogP contribution < -0.4 is 0 Å². The first kappa shape index (κ1) is 9.72. The molecule has 0 saturated carbocycles. The molecule has 0 fully saturated rings. The molecule has 0 atom stereocenters. The molecule has 0 aromatic carbocycles. The van der Waals surface area contributed by atoms with Crippen molar-refractivity contribution in [1.29, 1.82) is 0 Å². The van der Waals surface area contributed by atoms with Crippen LogP contribution in [0.2, 0.25) is 0 Å². The zero-order valence-corrected chi connectivity index (χ0v) is 7.54. The number of hydrogen-bond acceptors (Lipinski definition) is 0. The van der Waals surface area contributed by atoms with Gasteiger partial charge < -0.3 is 6.92 Å². The second-order valence-electron chi connectivity index (χ2n) is 0. The molecule has 0 amide bonds. The van der Waals surface area contributed by atoms with Crippen LogP contribution in [0.3, 0.4) is 0 Å². The van der Waals surface area contributed by atoms with Gasteiger partial charge in [-0.15, -0.1) is 0 Å². The van der Waals surface area contributed by atoms with E-state index in [1.807, 2.05) is 0 Å². The summed E-state index contributed by atoms with van der Waals surface area (Å²) in [6, 6.07) is 0. The molecule has 17 valence electrons. The van der Waals surface area contributed by atoms with Crippen molar-refractivity contribution >= 4 is 51.9 Å². The van der Waals surface area contributed by atoms with Crippen molar-refractivity contribution in [2.45, 2.75) is 6.92 Å². The molecule has 1 radical (unpaired) electrons. The molecular weight excluding hydrogens is 104 g/mol. The van der Waals surface area contributed by atoms with Crippen LogP contribution >= 0.6 is 0 Å². The van der Waals surface area contributed by atoms with Crippen molar-refractivity contribution in [2.75, 3.05) is 0 Å². The molecule has 0 spiro atoms. The summed E-state index contributed by atoms with van der Waals surface area (Å²) in [6.07, 6.45) is 0. The molecule has 0 aliphatic heterocycles. The van der Waals surface area contributed by atoms with Crippen LogP contribution in [0, 0.1) is 6.92 Å². The number of hydrogen-bond donors (Lipinski definition) is 0. The van der Waals surface area contributed by atoms with Crippen LogP contribution in [0.4, 0.5) is 0 Å². The Balaban J connectivity index is 0. The molecule has 0 aliphatic carbocycles. The summed E-state index contributed by atoms with van der Waals surface area (Å²) in [5.74, 6) is 0. The summed E-state index contributed by atoms with van der Waals surface area (Å²) < 4.78 is 0. The fourth-order valence-electron chi connectivity index (χ4n) is 0. The second-order valence-corrected chi connectivity index (χ2v) is 0. The predicted molar refractivity (Wildman–Crippen MR) is 22.5 cm³/mol. The first-order chi connectivity index (χ1) is 2.00. The summed E-state index contributed by atoms with van der Waals surface area (Å²) in [4.78, 5) is 0. The molecule has 0 saturated heterocycles. The van der Waals surface area contributed by atoms with Gasteiger partial charge in [0.25, 0.3) is 0 Å². The van der Waals surface area contributed by atoms with Crippen LogP contribution in [0.1, 0.15) is 6.92 Å². The van der Waals surface area contributed by atoms with E-state index in [1.54, 1.807) is 6.92 Å². The maximum absolute atomic E-state index is 3.25. The van der Waals surface area contributed by atoms with Crippen molar-refractivity contribution < 1.29 is 0 Å². The molecule has 0 rings (SSSR count). The summed E-state index contributed by atoms with van der Waals surface area (Å²) >= 11 is 3.00. The molecule has 0 aromatic rings. The van der Waals surface area contributed by atoms with E-state index in [-0.39, 0.29) is 0 Å². The van der Waals surface area contributed by atoms with E-state index in [9.17, 15) is 0 Å². The Labute approximate surface area is 63.7 Å². The maximum atomic E-state index is 3.25. The second kappa shape index (κ2) is 17.8. The summed E-state index contributed by atoms with van der Waals surface area (Å²) in [5, 5.41) is 0. The van der Waals surface area contributed by atoms with Gasteiger partial charge in [0.2, 0.25) is 0 Å². The Kier molecular flexibility index (Phi) is 43.2. The fraction of sp³-hybridized carbons (Fsp3) is 0.500. The van der Waals surface area contributed by atoms with Crippen LogP contribution in [-0.4, -0.2) is 51.9 Å². The molecule has 0 aromatic heterocycles. The molecular formula is C2H5Ca2. The van der Waals surface area contributed by atoms with Gasteiger partial charge in [0.05, 0.1) is 0 Å². The van der Waals surface area contributed by atoms with E-state index >= 15 is 0 Å². The van der Waals surface area contributed by atoms with Crippen molar-refractivity contribution in [3.8, 4) is 0 Å². The monoisotopic (exact) mass is 109 g/mol. The minimum atomic E-state index is 1.50. The zero-order valence-electron chi connectivity index (χ0n) is 3.12. The average molecular weight is 109 g/mol. The molecule has 0 bridgehead atoms. The Morgan fingerprint density at radius 3 is 1.50 bits per heavy atom. The van der Waals surface area contributed by atoms with Gasteiger partial charge in [-0.2, -0.15) is 6.92 Å². The summed E-state index contributed by atoms with van der Waals surface area (Å²) in [5.41, 5.74) is 0. The van der Waals surface area contributed by atoms with Crippen molar-refractivity contribution in [2.24, 2.45) is 0 Å². The van der Waals surface area contributed by atoms with Gasteiger partial charge in [-0.3, -0.25) is 0 Å². The van der Waals surface area contributed by atoms with E-state index in [2.05, 4.69) is 6.92 Å². The van der Waals surface area contributed by atoms with Gasteiger partial charge in [-0.25, -0.2) is 0 Å². The molecule has 0 heterocycles. The Morgan fingerprint density at radius 2 is 1.50 bits per heavy atom. The quantitative estimate of drug-likeness (QED) is 0.305. The average Bonchev–Trinajstić information content (AvgIpc) is 1.50. The molecule has 0 unspecified atom stereocenters. The van der Waals surface area contributed by atoms with Gasteiger partial charge >= 0.3 is 51.9 Å². The van der Waals surface area contributed by atoms with E-state index in [1.165, 1.54) is 51.9 Å². The Hall–Kier alpha value is 2.52. The fourth-order valence-corrected chi connectivity index (χ4v) is 0. The standard InChI is InChI=1S/C2H5.2Ca/c1-2;;/h1H2,2H3;;/q-1;;+1. The predicted octanol–water partition coefficient (Wildman–Crippen LogP) is 0.0788. The summed E-state index contributed by atoms with van der Waals surface area (Å²) in [7, 11) is 0. The van der Waals surface area contributed by atoms with Crippen LogP contribution in [0.15, 0.2) is 0 Å². The molecule has 0 nitrogen and oxygen atoms in total. The van der Waals surface area contributed by atoms with E-state index in [0.717, 1.165) is 0 Å². The summed E-state index contributed by atoms with van der Waals surface area (Å²) in [6.45, 7) is 5.00. The van der Waals surface area contributed by atoms with Crippen LogP contribution in [-0.2, 0) is 0 Å². The first-order valence-electron chi connectivity index (χ1n) is 1.21. The van der Waals surface area contributed by atoms with Gasteiger partial charge in [0.15, 0.2) is 0 Å². The van der Waals surface area contributed by atoms with E-state index in [4.69, 9.17) is 0 Å².